The van der Waals surface area contributed by atoms with Crippen molar-refractivity contribution in [1.82, 2.24) is 9.55 Å². The van der Waals surface area contributed by atoms with Gasteiger partial charge >= 0.3 is 5.69 Å². The molecule has 5 rings (SSSR count). The van der Waals surface area contributed by atoms with Crippen LogP contribution in [0, 0.1) is 0 Å². The highest BCUT2D eigenvalue weighted by molar-refractivity contribution is 7.79. The van der Waals surface area contributed by atoms with Crippen LogP contribution >= 0.6 is 12.2 Å². The molecule has 0 saturated heterocycles. The molecule has 2 unspecified atom stereocenters. The van der Waals surface area contributed by atoms with E-state index in [2.05, 4.69) is 15.6 Å². The first kappa shape index (κ1) is 30.7. The van der Waals surface area contributed by atoms with Crippen LogP contribution in [0.1, 0.15) is 41.8 Å². The lowest BCUT2D eigenvalue weighted by Crippen LogP contribution is -2.42. The minimum Gasteiger partial charge on any atom is -0.388 e. The van der Waals surface area contributed by atoms with Crippen molar-refractivity contribution < 1.29 is 9.53 Å². The first-order valence-electron chi connectivity index (χ1n) is 14.3. The molecule has 0 spiro atoms. The minimum absolute atomic E-state index is 0.0445. The molecule has 2 atom stereocenters. The number of anilines is 2. The highest BCUT2D eigenvalue weighted by Gasteiger charge is 2.35. The molecule has 0 bridgehead atoms. The number of rotatable bonds is 11. The van der Waals surface area contributed by atoms with Crippen LogP contribution in [0.2, 0.25) is 0 Å². The van der Waals surface area contributed by atoms with E-state index in [1.807, 2.05) is 86.8 Å². The number of hydrogen-bond acceptors (Lipinski definition) is 9. The zero-order chi connectivity index (χ0) is 31.2. The van der Waals surface area contributed by atoms with E-state index < -0.39 is 18.0 Å². The predicted octanol–water partition coefficient (Wildman–Crippen LogP) is 5.56. The molecule has 0 amide bonds. The molecule has 1 aliphatic heterocycles. The monoisotopic (exact) mass is 606 g/mol. The van der Waals surface area contributed by atoms with Gasteiger partial charge in [-0.2, -0.15) is 4.98 Å². The second-order valence-corrected chi connectivity index (χ2v) is 10.5. The number of aromatic nitrogens is 2. The third-order valence-corrected chi connectivity index (χ3v) is 7.59. The molecule has 3 aromatic carbocycles. The predicted molar refractivity (Wildman–Crippen MR) is 181 cm³/mol. The molecule has 44 heavy (non-hydrogen) atoms. The molecular formula is C34H34N6O3S. The van der Waals surface area contributed by atoms with Gasteiger partial charge in [-0.1, -0.05) is 60.7 Å². The summed E-state index contributed by atoms with van der Waals surface area (Å²) in [4.78, 5) is 36.2. The molecule has 0 fully saturated rings. The summed E-state index contributed by atoms with van der Waals surface area (Å²) in [6, 6.07) is 25.6. The Morgan fingerprint density at radius 3 is 2.39 bits per heavy atom. The van der Waals surface area contributed by atoms with Crippen LogP contribution in [-0.4, -0.2) is 52.3 Å². The van der Waals surface area contributed by atoms with Gasteiger partial charge in [0.2, 0.25) is 0 Å². The van der Waals surface area contributed by atoms with E-state index in [1.165, 1.54) is 4.57 Å². The fourth-order valence-corrected chi connectivity index (χ4v) is 5.50. The summed E-state index contributed by atoms with van der Waals surface area (Å²) in [6.07, 6.45) is -0.764. The zero-order valence-electron chi connectivity index (χ0n) is 24.8. The van der Waals surface area contributed by atoms with Gasteiger partial charge < -0.3 is 21.1 Å². The van der Waals surface area contributed by atoms with Gasteiger partial charge in [0, 0.05) is 53.6 Å². The molecule has 0 radical (unpaired) electrons. The van der Waals surface area contributed by atoms with Crippen molar-refractivity contribution in [2.45, 2.75) is 32.5 Å². The van der Waals surface area contributed by atoms with Gasteiger partial charge in [-0.25, -0.2) is 14.4 Å². The maximum absolute atomic E-state index is 13.7. The van der Waals surface area contributed by atoms with Crippen LogP contribution in [0.3, 0.4) is 0 Å². The Balaban J connectivity index is 1.75. The fraction of sp³-hybridized carbons (Fsp3) is 0.206. The maximum Gasteiger partial charge on any atom is 0.355 e. The van der Waals surface area contributed by atoms with Gasteiger partial charge in [0.25, 0.3) is 0 Å². The number of nitrogens with one attached hydrogen (secondary N) is 2. The lowest BCUT2D eigenvalue weighted by Gasteiger charge is -2.34. The van der Waals surface area contributed by atoms with Gasteiger partial charge in [0.1, 0.15) is 12.0 Å². The molecule has 0 aliphatic carbocycles. The minimum atomic E-state index is -0.808. The first-order valence-corrected chi connectivity index (χ1v) is 14.8. The van der Waals surface area contributed by atoms with Gasteiger partial charge in [-0.3, -0.25) is 4.79 Å². The van der Waals surface area contributed by atoms with Gasteiger partial charge in [0.05, 0.1) is 17.3 Å². The molecular weight excluding hydrogens is 572 g/mol. The highest BCUT2D eigenvalue weighted by Crippen LogP contribution is 2.43. The van der Waals surface area contributed by atoms with Gasteiger partial charge in [-0.05, 0) is 55.8 Å². The van der Waals surface area contributed by atoms with Crippen molar-refractivity contribution in [2.24, 2.45) is 10.7 Å². The van der Waals surface area contributed by atoms with Crippen LogP contribution in [0.15, 0.2) is 100 Å². The number of carbonyl (C=O) groups excluding carboxylic acids is 1. The number of hydrogen-bond donors (Lipinski definition) is 3. The summed E-state index contributed by atoms with van der Waals surface area (Å²) < 4.78 is 7.41. The molecule has 0 saturated carbocycles. The summed E-state index contributed by atoms with van der Waals surface area (Å²) in [5.41, 5.74) is 11.5. The molecule has 4 aromatic rings. The molecule has 9 nitrogen and oxygen atoms in total. The Hall–Kier alpha value is -4.77. The zero-order valence-corrected chi connectivity index (χ0v) is 25.6. The quantitative estimate of drug-likeness (QED) is 0.0878. The summed E-state index contributed by atoms with van der Waals surface area (Å²) >= 11 is 5.48. The Labute approximate surface area is 261 Å². The van der Waals surface area contributed by atoms with E-state index in [1.54, 1.807) is 24.4 Å². The second-order valence-electron chi connectivity index (χ2n) is 10.2. The standard InChI is InChI=1S/C34H34N6O3S/c1-4-43-31(35)29-26(20-44)38-33-30(28(29)23-11-7-5-8-12-23)32(39-34(42)40(33)25-13-9-6-10-14-25)37-21(2)19-27(41)22-15-17-24(36-3)18-16-22/h5-18,20,26,31,36,38H,4,19,35H2,1-3H3. The van der Waals surface area contributed by atoms with Crippen molar-refractivity contribution >= 4 is 52.0 Å². The Morgan fingerprint density at radius 2 is 1.77 bits per heavy atom. The van der Waals surface area contributed by atoms with Gasteiger partial charge in [-0.15, -0.1) is 0 Å². The van der Waals surface area contributed by atoms with Crippen molar-refractivity contribution in [3.63, 3.8) is 0 Å². The van der Waals surface area contributed by atoms with Crippen LogP contribution in [0.4, 0.5) is 17.3 Å². The van der Waals surface area contributed by atoms with E-state index in [-0.39, 0.29) is 18.0 Å². The second kappa shape index (κ2) is 13.7. The number of fused-ring (bicyclic) bond motifs is 1. The fourth-order valence-electron chi connectivity index (χ4n) is 5.29. The Kier molecular flexibility index (Phi) is 9.54. The number of thiocarbonyl (C=S) groups is 1. The van der Waals surface area contributed by atoms with Crippen molar-refractivity contribution in [3.8, 4) is 5.69 Å². The normalized spacial score (nSPS) is 15.3. The Bertz CT molecular complexity index is 1780. The number of ether oxygens (including phenoxy) is 1. The third kappa shape index (κ3) is 6.28. The highest BCUT2D eigenvalue weighted by atomic mass is 32.1. The lowest BCUT2D eigenvalue weighted by atomic mass is 9.86. The Morgan fingerprint density at radius 1 is 1.11 bits per heavy atom. The smallest absolute Gasteiger partial charge is 0.355 e. The summed E-state index contributed by atoms with van der Waals surface area (Å²) in [7, 11) is 1.82. The number of benzene rings is 3. The largest absolute Gasteiger partial charge is 0.388 e. The number of nitrogens with zero attached hydrogens (tertiary/aromatic N) is 3. The van der Waals surface area contributed by atoms with Crippen LogP contribution in [-0.2, 0) is 4.74 Å². The van der Waals surface area contributed by atoms with E-state index in [9.17, 15) is 9.59 Å². The molecule has 1 aliphatic rings. The van der Waals surface area contributed by atoms with E-state index in [0.29, 0.717) is 46.1 Å². The molecule has 4 N–H and O–H groups in total. The van der Waals surface area contributed by atoms with E-state index in [0.717, 1.165) is 11.3 Å². The third-order valence-electron chi connectivity index (χ3n) is 7.32. The van der Waals surface area contributed by atoms with Crippen LogP contribution in [0.5, 0.6) is 0 Å². The molecule has 1 aromatic heterocycles. The van der Waals surface area contributed by atoms with Crippen LogP contribution < -0.4 is 22.1 Å². The number of para-hydroxylation sites is 1. The van der Waals surface area contributed by atoms with Gasteiger partial charge in [0.15, 0.2) is 11.6 Å². The number of Topliss-reactive ketones (excluding diaryl/α,β-unsaturated/α-hetero) is 1. The average Bonchev–Trinajstić information content (AvgIpc) is 3.04. The van der Waals surface area contributed by atoms with Crippen molar-refractivity contribution in [2.75, 3.05) is 24.3 Å². The SMILES string of the molecule is CCOC(N)C1=C(c2ccccc2)c2c(N=C(C)CC(=O)c3ccc(NC)cc3)nc(=O)n(-c3ccccc3)c2NC1C=S. The number of aliphatic imine (C=N–C) groups is 1. The molecule has 10 heteroatoms. The number of nitrogens with two attached hydrogens (primary N) is 1. The topological polar surface area (TPSA) is 124 Å². The van der Waals surface area contributed by atoms with E-state index >= 15 is 0 Å². The summed E-state index contributed by atoms with van der Waals surface area (Å²) in [6.45, 7) is 4.01. The maximum atomic E-state index is 13.7. The van der Waals surface area contributed by atoms with Crippen LogP contribution in [0.25, 0.3) is 11.3 Å². The average molecular weight is 607 g/mol. The molecule has 224 valence electrons. The van der Waals surface area contributed by atoms with Crippen molar-refractivity contribution in [3.05, 3.63) is 118 Å². The van der Waals surface area contributed by atoms with Crippen molar-refractivity contribution in [1.29, 1.82) is 0 Å². The summed E-state index contributed by atoms with van der Waals surface area (Å²) in [5.74, 6) is 0.537. The number of carbonyl (C=O) groups is 1. The number of ketones is 1. The van der Waals surface area contributed by atoms with E-state index in [4.69, 9.17) is 27.7 Å². The summed E-state index contributed by atoms with van der Waals surface area (Å²) in [5, 5.41) is 8.06. The first-order chi connectivity index (χ1) is 21.4. The lowest BCUT2D eigenvalue weighted by molar-refractivity contribution is 0.0917. The molecule has 2 heterocycles.